The van der Waals surface area contributed by atoms with E-state index in [1.54, 1.807) is 24.4 Å². The van der Waals surface area contributed by atoms with Crippen molar-refractivity contribution in [2.24, 2.45) is 0 Å². The number of aromatic nitrogens is 1. The van der Waals surface area contributed by atoms with E-state index in [-0.39, 0.29) is 17.0 Å². The predicted octanol–water partition coefficient (Wildman–Crippen LogP) is 2.86. The maximum Gasteiger partial charge on any atom is 0.573 e. The number of pyridine rings is 1. The van der Waals surface area contributed by atoms with Crippen molar-refractivity contribution in [1.29, 1.82) is 0 Å². The minimum Gasteiger partial charge on any atom is -0.404 e. The maximum atomic E-state index is 12.3. The number of nitrogens with zero attached hydrogens (tertiary/aromatic N) is 1. The highest BCUT2D eigenvalue weighted by Crippen LogP contribution is 2.29. The number of hydrogen-bond acceptors (Lipinski definition) is 3. The summed E-state index contributed by atoms with van der Waals surface area (Å²) in [6.45, 7) is 0.627. The normalized spacial score (nSPS) is 11.2. The molecule has 1 heterocycles. The van der Waals surface area contributed by atoms with Crippen molar-refractivity contribution >= 4 is 5.69 Å². The van der Waals surface area contributed by atoms with Gasteiger partial charge in [-0.2, -0.15) is 0 Å². The van der Waals surface area contributed by atoms with Crippen LogP contribution in [0, 0.1) is 0 Å². The second kappa shape index (κ2) is 6.34. The van der Waals surface area contributed by atoms with Crippen LogP contribution in [0.2, 0.25) is 0 Å². The lowest BCUT2D eigenvalue weighted by molar-refractivity contribution is -0.274. The van der Waals surface area contributed by atoms with E-state index in [1.165, 1.54) is 28.8 Å². The molecule has 112 valence electrons. The zero-order chi connectivity index (χ0) is 15.3. The van der Waals surface area contributed by atoms with Gasteiger partial charge in [-0.1, -0.05) is 18.2 Å². The molecule has 0 atom stereocenters. The second-order valence-electron chi connectivity index (χ2n) is 4.20. The zero-order valence-electron chi connectivity index (χ0n) is 10.9. The fourth-order valence-corrected chi connectivity index (χ4v) is 1.78. The molecule has 0 unspecified atom stereocenters. The molecule has 1 aromatic carbocycles. The molecular formula is C14H13F3N2O2. The van der Waals surface area contributed by atoms with Crippen LogP contribution in [0.15, 0.2) is 53.5 Å². The van der Waals surface area contributed by atoms with E-state index in [1.807, 2.05) is 0 Å². The quantitative estimate of drug-likeness (QED) is 0.923. The summed E-state index contributed by atoms with van der Waals surface area (Å²) >= 11 is 0. The second-order valence-corrected chi connectivity index (χ2v) is 4.20. The molecule has 0 bridgehead atoms. The summed E-state index contributed by atoms with van der Waals surface area (Å²) in [6, 6.07) is 10.5. The van der Waals surface area contributed by atoms with Crippen LogP contribution >= 0.6 is 0 Å². The molecular weight excluding hydrogens is 285 g/mol. The van der Waals surface area contributed by atoms with Gasteiger partial charge in [-0.25, -0.2) is 0 Å². The lowest BCUT2D eigenvalue weighted by atomic mass is 10.3. The van der Waals surface area contributed by atoms with Crippen molar-refractivity contribution in [2.45, 2.75) is 12.9 Å². The number of para-hydroxylation sites is 2. The van der Waals surface area contributed by atoms with Gasteiger partial charge in [-0.15, -0.1) is 13.2 Å². The van der Waals surface area contributed by atoms with Gasteiger partial charge >= 0.3 is 6.36 Å². The van der Waals surface area contributed by atoms with Crippen molar-refractivity contribution < 1.29 is 17.9 Å². The minimum atomic E-state index is -4.74. The SMILES string of the molecule is O=c1ccccn1CCNc1ccccc1OC(F)(F)F. The number of benzene rings is 1. The minimum absolute atomic E-state index is 0.167. The number of rotatable bonds is 5. The maximum absolute atomic E-state index is 12.3. The van der Waals surface area contributed by atoms with Gasteiger partial charge in [0.2, 0.25) is 0 Å². The van der Waals surface area contributed by atoms with Crippen LogP contribution in [0.5, 0.6) is 5.75 Å². The molecule has 21 heavy (non-hydrogen) atoms. The van der Waals surface area contributed by atoms with Crippen molar-refractivity contribution in [3.8, 4) is 5.75 Å². The first-order valence-corrected chi connectivity index (χ1v) is 6.20. The first-order valence-electron chi connectivity index (χ1n) is 6.20. The Bertz CT molecular complexity index is 653. The Labute approximate surface area is 118 Å². The Hall–Kier alpha value is -2.44. The first-order chi connectivity index (χ1) is 9.96. The average Bonchev–Trinajstić information content (AvgIpc) is 2.41. The van der Waals surface area contributed by atoms with Crippen LogP contribution < -0.4 is 15.6 Å². The highest BCUT2D eigenvalue weighted by atomic mass is 19.4. The van der Waals surface area contributed by atoms with Gasteiger partial charge < -0.3 is 14.6 Å². The van der Waals surface area contributed by atoms with E-state index in [4.69, 9.17) is 0 Å². The number of anilines is 1. The fourth-order valence-electron chi connectivity index (χ4n) is 1.78. The summed E-state index contributed by atoms with van der Waals surface area (Å²) in [4.78, 5) is 11.5. The van der Waals surface area contributed by atoms with E-state index >= 15 is 0 Å². The van der Waals surface area contributed by atoms with Gasteiger partial charge in [0.05, 0.1) is 5.69 Å². The van der Waals surface area contributed by atoms with Crippen molar-refractivity contribution in [3.05, 3.63) is 59.0 Å². The molecule has 0 spiro atoms. The highest BCUT2D eigenvalue weighted by Gasteiger charge is 2.31. The Balaban J connectivity index is 2.01. The Kier molecular flexibility index (Phi) is 4.52. The molecule has 0 fully saturated rings. The van der Waals surface area contributed by atoms with Gasteiger partial charge in [0, 0.05) is 25.4 Å². The Morgan fingerprint density at radius 3 is 2.52 bits per heavy atom. The molecule has 4 nitrogen and oxygen atoms in total. The fraction of sp³-hybridized carbons (Fsp3) is 0.214. The van der Waals surface area contributed by atoms with E-state index in [0.29, 0.717) is 13.1 Å². The lowest BCUT2D eigenvalue weighted by Crippen LogP contribution is -2.22. The van der Waals surface area contributed by atoms with Crippen LogP contribution in [0.3, 0.4) is 0 Å². The van der Waals surface area contributed by atoms with Gasteiger partial charge in [0.25, 0.3) is 5.56 Å². The van der Waals surface area contributed by atoms with Gasteiger partial charge in [-0.05, 0) is 18.2 Å². The summed E-state index contributed by atoms with van der Waals surface area (Å²) in [7, 11) is 0. The Morgan fingerprint density at radius 1 is 1.10 bits per heavy atom. The zero-order valence-corrected chi connectivity index (χ0v) is 10.9. The monoisotopic (exact) mass is 298 g/mol. The largest absolute Gasteiger partial charge is 0.573 e. The summed E-state index contributed by atoms with van der Waals surface area (Å²) < 4.78 is 42.2. The Morgan fingerprint density at radius 2 is 1.81 bits per heavy atom. The average molecular weight is 298 g/mol. The number of ether oxygens (including phenoxy) is 1. The number of hydrogen-bond donors (Lipinski definition) is 1. The van der Waals surface area contributed by atoms with Crippen LogP contribution in [0.25, 0.3) is 0 Å². The summed E-state index contributed by atoms with van der Waals surface area (Å²) in [5.74, 6) is -0.301. The molecule has 0 saturated heterocycles. The van der Waals surface area contributed by atoms with Crippen molar-refractivity contribution in [1.82, 2.24) is 4.57 Å². The molecule has 2 aromatic rings. The number of nitrogens with one attached hydrogen (secondary N) is 1. The summed E-state index contributed by atoms with van der Waals surface area (Å²) in [6.07, 6.45) is -3.13. The third-order valence-corrected chi connectivity index (χ3v) is 2.68. The van der Waals surface area contributed by atoms with Crippen LogP contribution in [-0.4, -0.2) is 17.5 Å². The molecule has 0 amide bonds. The molecule has 0 radical (unpaired) electrons. The topological polar surface area (TPSA) is 43.3 Å². The molecule has 2 rings (SSSR count). The molecule has 0 aliphatic heterocycles. The van der Waals surface area contributed by atoms with E-state index in [0.717, 1.165) is 0 Å². The molecule has 0 aliphatic rings. The number of halogens is 3. The lowest BCUT2D eigenvalue weighted by Gasteiger charge is -2.14. The summed E-state index contributed by atoms with van der Waals surface area (Å²) in [5.41, 5.74) is 0.0536. The molecule has 0 aliphatic carbocycles. The van der Waals surface area contributed by atoms with Gasteiger partial charge in [0.1, 0.15) is 0 Å². The smallest absolute Gasteiger partial charge is 0.404 e. The van der Waals surface area contributed by atoms with E-state index in [9.17, 15) is 18.0 Å². The third-order valence-electron chi connectivity index (χ3n) is 2.68. The summed E-state index contributed by atoms with van der Waals surface area (Å²) in [5, 5.41) is 2.83. The van der Waals surface area contributed by atoms with Crippen molar-refractivity contribution in [2.75, 3.05) is 11.9 Å². The molecule has 0 saturated carbocycles. The predicted molar refractivity (Wildman–Crippen MR) is 72.3 cm³/mol. The van der Waals surface area contributed by atoms with E-state index < -0.39 is 6.36 Å². The van der Waals surface area contributed by atoms with E-state index in [2.05, 4.69) is 10.1 Å². The van der Waals surface area contributed by atoms with Crippen molar-refractivity contribution in [3.63, 3.8) is 0 Å². The molecule has 7 heteroatoms. The standard InChI is InChI=1S/C14H13F3N2O2/c15-14(16,17)21-12-6-2-1-5-11(12)18-8-10-19-9-4-3-7-13(19)20/h1-7,9,18H,8,10H2. The first kappa shape index (κ1) is 15.0. The van der Waals surface area contributed by atoms with Gasteiger partial charge in [-0.3, -0.25) is 4.79 Å². The van der Waals surface area contributed by atoms with Gasteiger partial charge in [0.15, 0.2) is 5.75 Å². The highest BCUT2D eigenvalue weighted by molar-refractivity contribution is 5.56. The van der Waals surface area contributed by atoms with Crippen LogP contribution in [-0.2, 0) is 6.54 Å². The third kappa shape index (κ3) is 4.55. The van der Waals surface area contributed by atoms with Crippen LogP contribution in [0.4, 0.5) is 18.9 Å². The van der Waals surface area contributed by atoms with Crippen LogP contribution in [0.1, 0.15) is 0 Å². The molecule has 1 aromatic heterocycles. The molecule has 1 N–H and O–H groups in total. The number of alkyl halides is 3.